The van der Waals surface area contributed by atoms with Crippen LogP contribution in [-0.4, -0.2) is 27.7 Å². The lowest BCUT2D eigenvalue weighted by Gasteiger charge is -2.28. The van der Waals surface area contributed by atoms with Gasteiger partial charge in [-0.15, -0.1) is 0 Å². The van der Waals surface area contributed by atoms with E-state index in [2.05, 4.69) is 0 Å². The minimum atomic E-state index is -1.34. The van der Waals surface area contributed by atoms with E-state index in [1.165, 1.54) is 0 Å². The molecule has 0 bridgehead atoms. The first kappa shape index (κ1) is 7.98. The zero-order chi connectivity index (χ0) is 7.56. The molecule has 60 valence electrons. The molecular formula is C7H14O3. The Balaban J connectivity index is 2.40. The Hall–Kier alpha value is -0.120. The van der Waals surface area contributed by atoms with Gasteiger partial charge in [0.1, 0.15) is 0 Å². The molecule has 0 radical (unpaired) electrons. The van der Waals surface area contributed by atoms with Crippen LogP contribution in [0.3, 0.4) is 0 Å². The first-order valence-corrected chi connectivity index (χ1v) is 3.76. The van der Waals surface area contributed by atoms with Crippen molar-refractivity contribution in [2.75, 3.05) is 0 Å². The molecule has 1 rings (SSSR count). The van der Waals surface area contributed by atoms with Crippen molar-refractivity contribution in [2.45, 2.75) is 38.1 Å². The third-order valence-corrected chi connectivity index (χ3v) is 2.16. The molecule has 2 atom stereocenters. The Morgan fingerprint density at radius 1 is 1.10 bits per heavy atom. The third-order valence-electron chi connectivity index (χ3n) is 2.16. The van der Waals surface area contributed by atoms with Crippen LogP contribution in [-0.2, 0) is 0 Å². The van der Waals surface area contributed by atoms with E-state index in [9.17, 15) is 5.11 Å². The van der Waals surface area contributed by atoms with Crippen LogP contribution in [0.4, 0.5) is 0 Å². The van der Waals surface area contributed by atoms with Crippen LogP contribution < -0.4 is 0 Å². The third kappa shape index (κ3) is 1.68. The number of aliphatic hydroxyl groups is 3. The van der Waals surface area contributed by atoms with Gasteiger partial charge in [-0.2, -0.15) is 0 Å². The molecule has 1 aliphatic rings. The van der Waals surface area contributed by atoms with Crippen LogP contribution in [0.15, 0.2) is 0 Å². The Morgan fingerprint density at radius 3 is 2.10 bits per heavy atom. The van der Waals surface area contributed by atoms with Crippen molar-refractivity contribution in [1.82, 2.24) is 0 Å². The van der Waals surface area contributed by atoms with Crippen molar-refractivity contribution in [3.8, 4) is 0 Å². The smallest absolute Gasteiger partial charge is 0.156 e. The molecule has 1 saturated carbocycles. The van der Waals surface area contributed by atoms with Crippen LogP contribution in [0, 0.1) is 5.92 Å². The average molecular weight is 146 g/mol. The van der Waals surface area contributed by atoms with Gasteiger partial charge in [-0.1, -0.05) is 12.8 Å². The minimum Gasteiger partial charge on any atom is -0.393 e. The topological polar surface area (TPSA) is 60.7 Å². The van der Waals surface area contributed by atoms with Gasteiger partial charge < -0.3 is 15.3 Å². The van der Waals surface area contributed by atoms with E-state index in [-0.39, 0.29) is 5.92 Å². The second kappa shape index (κ2) is 3.32. The van der Waals surface area contributed by atoms with Gasteiger partial charge in [0.25, 0.3) is 0 Å². The van der Waals surface area contributed by atoms with Crippen LogP contribution >= 0.6 is 0 Å². The first-order chi connectivity index (χ1) is 4.72. The number of rotatable bonds is 1. The van der Waals surface area contributed by atoms with Gasteiger partial charge >= 0.3 is 0 Å². The van der Waals surface area contributed by atoms with E-state index >= 15 is 0 Å². The van der Waals surface area contributed by atoms with E-state index in [0.717, 1.165) is 19.3 Å². The Kier molecular flexibility index (Phi) is 2.65. The zero-order valence-corrected chi connectivity index (χ0v) is 5.90. The molecule has 1 unspecified atom stereocenters. The van der Waals surface area contributed by atoms with Gasteiger partial charge in [0.15, 0.2) is 6.29 Å². The summed E-state index contributed by atoms with van der Waals surface area (Å²) in [7, 11) is 0. The monoisotopic (exact) mass is 146 g/mol. The lowest BCUT2D eigenvalue weighted by Crippen LogP contribution is -2.34. The minimum absolute atomic E-state index is 0.311. The van der Waals surface area contributed by atoms with Crippen molar-refractivity contribution < 1.29 is 15.3 Å². The van der Waals surface area contributed by atoms with Gasteiger partial charge in [-0.25, -0.2) is 0 Å². The molecular weight excluding hydrogens is 132 g/mol. The molecule has 0 aromatic heterocycles. The molecule has 0 aromatic rings. The standard InChI is InChI=1S/C7H14O3/c8-6-4-2-1-3-5(6)7(9)10/h5-10H,1-4H2/t5-,6?/m1/s1. The molecule has 1 fully saturated rings. The highest BCUT2D eigenvalue weighted by Crippen LogP contribution is 2.25. The van der Waals surface area contributed by atoms with Gasteiger partial charge in [0.05, 0.1) is 6.10 Å². The molecule has 0 heterocycles. The summed E-state index contributed by atoms with van der Waals surface area (Å²) in [6, 6.07) is 0. The molecule has 3 nitrogen and oxygen atoms in total. The van der Waals surface area contributed by atoms with Gasteiger partial charge in [-0.3, -0.25) is 0 Å². The van der Waals surface area contributed by atoms with Crippen LogP contribution in [0.25, 0.3) is 0 Å². The highest BCUT2D eigenvalue weighted by molar-refractivity contribution is 4.75. The maximum absolute atomic E-state index is 9.22. The Morgan fingerprint density at radius 2 is 1.70 bits per heavy atom. The van der Waals surface area contributed by atoms with Gasteiger partial charge in [0, 0.05) is 5.92 Å². The lowest BCUT2D eigenvalue weighted by molar-refractivity contribution is -0.128. The SMILES string of the molecule is OC(O)[C@@H]1CCCCC1O. The largest absolute Gasteiger partial charge is 0.393 e. The second-order valence-corrected chi connectivity index (χ2v) is 2.93. The molecule has 3 N–H and O–H groups in total. The zero-order valence-electron chi connectivity index (χ0n) is 5.90. The van der Waals surface area contributed by atoms with Crippen LogP contribution in [0.1, 0.15) is 25.7 Å². The highest BCUT2D eigenvalue weighted by atomic mass is 16.5. The maximum Gasteiger partial charge on any atom is 0.156 e. The molecule has 0 aliphatic heterocycles. The number of hydrogen-bond acceptors (Lipinski definition) is 3. The first-order valence-electron chi connectivity index (χ1n) is 3.76. The Bertz CT molecular complexity index is 103. The molecule has 10 heavy (non-hydrogen) atoms. The molecule has 0 spiro atoms. The molecule has 1 aliphatic carbocycles. The summed E-state index contributed by atoms with van der Waals surface area (Å²) in [5.41, 5.74) is 0. The molecule has 0 amide bonds. The highest BCUT2D eigenvalue weighted by Gasteiger charge is 2.27. The van der Waals surface area contributed by atoms with Crippen molar-refractivity contribution in [3.63, 3.8) is 0 Å². The molecule has 0 saturated heterocycles. The fraction of sp³-hybridized carbons (Fsp3) is 1.00. The van der Waals surface area contributed by atoms with Crippen molar-refractivity contribution in [1.29, 1.82) is 0 Å². The van der Waals surface area contributed by atoms with Crippen molar-refractivity contribution >= 4 is 0 Å². The number of aliphatic hydroxyl groups excluding tert-OH is 2. The average Bonchev–Trinajstić information content (AvgIpc) is 1.88. The quantitative estimate of drug-likeness (QED) is 0.451. The van der Waals surface area contributed by atoms with Crippen LogP contribution in [0.2, 0.25) is 0 Å². The van der Waals surface area contributed by atoms with Gasteiger partial charge in [0.2, 0.25) is 0 Å². The fourth-order valence-corrected chi connectivity index (χ4v) is 1.49. The fourth-order valence-electron chi connectivity index (χ4n) is 1.49. The maximum atomic E-state index is 9.22. The molecule has 0 aromatic carbocycles. The summed E-state index contributed by atoms with van der Waals surface area (Å²) in [4.78, 5) is 0. The summed E-state index contributed by atoms with van der Waals surface area (Å²) < 4.78 is 0. The lowest BCUT2D eigenvalue weighted by atomic mass is 9.86. The summed E-state index contributed by atoms with van der Waals surface area (Å²) in [6.45, 7) is 0. The number of hydrogen-bond donors (Lipinski definition) is 3. The van der Waals surface area contributed by atoms with Gasteiger partial charge in [-0.05, 0) is 12.8 Å². The summed E-state index contributed by atoms with van der Waals surface area (Å²) in [6.07, 6.45) is 1.61. The summed E-state index contributed by atoms with van der Waals surface area (Å²) >= 11 is 0. The Labute approximate surface area is 60.3 Å². The predicted molar refractivity (Wildman–Crippen MR) is 36.2 cm³/mol. The predicted octanol–water partition coefficient (Wildman–Crippen LogP) is -0.152. The van der Waals surface area contributed by atoms with E-state index in [4.69, 9.17) is 10.2 Å². The summed E-state index contributed by atoms with van der Waals surface area (Å²) in [5.74, 6) is -0.311. The van der Waals surface area contributed by atoms with E-state index in [0.29, 0.717) is 6.42 Å². The normalized spacial score (nSPS) is 34.8. The van der Waals surface area contributed by atoms with Crippen LogP contribution in [0.5, 0.6) is 0 Å². The van der Waals surface area contributed by atoms with E-state index in [1.807, 2.05) is 0 Å². The summed E-state index contributed by atoms with van der Waals surface area (Å²) in [5, 5.41) is 26.7. The van der Waals surface area contributed by atoms with E-state index in [1.54, 1.807) is 0 Å². The second-order valence-electron chi connectivity index (χ2n) is 2.93. The van der Waals surface area contributed by atoms with Crippen molar-refractivity contribution in [2.24, 2.45) is 5.92 Å². The molecule has 3 heteroatoms. The van der Waals surface area contributed by atoms with E-state index < -0.39 is 12.4 Å². The van der Waals surface area contributed by atoms with Crippen molar-refractivity contribution in [3.05, 3.63) is 0 Å².